The highest BCUT2D eigenvalue weighted by atomic mass is 16.5. The molecule has 0 saturated carbocycles. The van der Waals surface area contributed by atoms with Crippen LogP contribution in [0.1, 0.15) is 33.2 Å². The summed E-state index contributed by atoms with van der Waals surface area (Å²) in [6.07, 6.45) is 3.68. The van der Waals surface area contributed by atoms with Crippen LogP contribution >= 0.6 is 0 Å². The lowest BCUT2D eigenvalue weighted by atomic mass is 10.0. The van der Waals surface area contributed by atoms with Crippen LogP contribution in [0, 0.1) is 0 Å². The van der Waals surface area contributed by atoms with Crippen molar-refractivity contribution in [2.75, 3.05) is 19.0 Å². The second-order valence-corrected chi connectivity index (χ2v) is 8.01. The van der Waals surface area contributed by atoms with Gasteiger partial charge in [-0.1, -0.05) is 66.7 Å². The number of aromatic nitrogens is 1. The maximum absolute atomic E-state index is 12.6. The number of pyridine rings is 1. The predicted octanol–water partition coefficient (Wildman–Crippen LogP) is 5.40. The van der Waals surface area contributed by atoms with E-state index in [1.54, 1.807) is 30.6 Å². The summed E-state index contributed by atoms with van der Waals surface area (Å²) >= 11 is 0. The molecule has 0 aliphatic carbocycles. The fraction of sp³-hybridized carbons (Fsp3) is 0.138. The Morgan fingerprint density at radius 2 is 1.58 bits per heavy atom. The van der Waals surface area contributed by atoms with Crippen molar-refractivity contribution in [3.05, 3.63) is 126 Å². The third-order valence-corrected chi connectivity index (χ3v) is 5.51. The second kappa shape index (κ2) is 12.2. The molecule has 0 atom stereocenters. The third kappa shape index (κ3) is 6.48. The molecule has 0 unspecified atom stereocenters. The van der Waals surface area contributed by atoms with Crippen molar-refractivity contribution in [3.63, 3.8) is 0 Å². The number of carbonyl (C=O) groups excluding carboxylic acids is 2. The van der Waals surface area contributed by atoms with Gasteiger partial charge in [0.15, 0.2) is 0 Å². The largest absolute Gasteiger partial charge is 0.480 e. The molecule has 0 radical (unpaired) electrons. The van der Waals surface area contributed by atoms with E-state index < -0.39 is 12.1 Å². The molecular weight excluding hydrogens is 454 g/mol. The zero-order chi connectivity index (χ0) is 25.2. The molecule has 1 aromatic heterocycles. The minimum absolute atomic E-state index is 0.211. The van der Waals surface area contributed by atoms with E-state index in [-0.39, 0.29) is 11.6 Å². The van der Waals surface area contributed by atoms with Gasteiger partial charge < -0.3 is 20.1 Å². The number of esters is 1. The summed E-state index contributed by atoms with van der Waals surface area (Å²) in [4.78, 5) is 29.1. The van der Waals surface area contributed by atoms with Crippen molar-refractivity contribution in [1.82, 2.24) is 10.3 Å². The van der Waals surface area contributed by atoms with Crippen LogP contribution in [0.5, 0.6) is 5.75 Å². The molecule has 0 aliphatic heterocycles. The van der Waals surface area contributed by atoms with Crippen molar-refractivity contribution in [1.29, 1.82) is 0 Å². The summed E-state index contributed by atoms with van der Waals surface area (Å²) in [6.45, 7) is 0.443. The summed E-state index contributed by atoms with van der Waals surface area (Å²) in [5.41, 5.74) is 3.56. The van der Waals surface area contributed by atoms with E-state index in [2.05, 4.69) is 15.6 Å². The summed E-state index contributed by atoms with van der Waals surface area (Å²) in [7, 11) is 1.31. The molecule has 7 heteroatoms. The Bertz CT molecular complexity index is 1240. The van der Waals surface area contributed by atoms with Crippen LogP contribution in [-0.2, 0) is 11.2 Å². The summed E-state index contributed by atoms with van der Waals surface area (Å²) < 4.78 is 11.4. The topological polar surface area (TPSA) is 89.5 Å². The highest BCUT2D eigenvalue weighted by molar-refractivity contribution is 5.96. The average molecular weight is 482 g/mol. The number of ether oxygens (including phenoxy) is 2. The monoisotopic (exact) mass is 481 g/mol. The van der Waals surface area contributed by atoms with Gasteiger partial charge in [-0.3, -0.25) is 4.98 Å². The predicted molar refractivity (Wildman–Crippen MR) is 138 cm³/mol. The zero-order valence-electron chi connectivity index (χ0n) is 19.9. The number of nitrogens with zero attached hydrogens (tertiary/aromatic N) is 1. The number of carbonyl (C=O) groups is 2. The number of rotatable bonds is 9. The van der Waals surface area contributed by atoms with Crippen molar-refractivity contribution in [2.45, 2.75) is 12.5 Å². The first-order chi connectivity index (χ1) is 17.6. The van der Waals surface area contributed by atoms with Gasteiger partial charge in [0.2, 0.25) is 0 Å². The van der Waals surface area contributed by atoms with E-state index in [0.717, 1.165) is 16.7 Å². The Balaban J connectivity index is 1.51. The molecule has 36 heavy (non-hydrogen) atoms. The average Bonchev–Trinajstić information content (AvgIpc) is 2.93. The first-order valence-electron chi connectivity index (χ1n) is 11.6. The lowest BCUT2D eigenvalue weighted by Gasteiger charge is -2.22. The molecular formula is C29H27N3O4. The van der Waals surface area contributed by atoms with Crippen LogP contribution in [0.3, 0.4) is 0 Å². The lowest BCUT2D eigenvalue weighted by molar-refractivity contribution is 0.0594. The van der Waals surface area contributed by atoms with Crippen molar-refractivity contribution in [3.8, 4) is 5.75 Å². The molecule has 182 valence electrons. The van der Waals surface area contributed by atoms with Crippen LogP contribution < -0.4 is 15.4 Å². The maximum atomic E-state index is 12.6. The van der Waals surface area contributed by atoms with Crippen LogP contribution in [0.25, 0.3) is 0 Å². The van der Waals surface area contributed by atoms with E-state index in [0.29, 0.717) is 24.4 Å². The normalized spacial score (nSPS) is 10.5. The SMILES string of the molecule is COC(=O)c1cc(NC(=O)NCCc2cccnc2)ccc1OC(c1ccccc1)c1ccccc1. The summed E-state index contributed by atoms with van der Waals surface area (Å²) in [5, 5.41) is 5.57. The number of benzene rings is 3. The van der Waals surface area contributed by atoms with Crippen molar-refractivity contribution >= 4 is 17.7 Å². The first-order valence-corrected chi connectivity index (χ1v) is 11.6. The third-order valence-electron chi connectivity index (χ3n) is 5.51. The number of anilines is 1. The maximum Gasteiger partial charge on any atom is 0.341 e. The second-order valence-electron chi connectivity index (χ2n) is 8.01. The van der Waals surface area contributed by atoms with Gasteiger partial charge in [0, 0.05) is 24.6 Å². The van der Waals surface area contributed by atoms with Crippen molar-refractivity contribution in [2.24, 2.45) is 0 Å². The standard InChI is InChI=1S/C29H27N3O4/c1-35-28(33)25-19-24(32-29(34)31-18-16-21-9-8-17-30-20-21)14-15-26(25)36-27(22-10-4-2-5-11-22)23-12-6-3-7-13-23/h2-15,17,19-20,27H,16,18H2,1H3,(H2,31,32,34). The highest BCUT2D eigenvalue weighted by Crippen LogP contribution is 2.32. The number of amides is 2. The van der Waals surface area contributed by atoms with Crippen LogP contribution in [0.4, 0.5) is 10.5 Å². The summed E-state index contributed by atoms with van der Waals surface area (Å²) in [6, 6.07) is 27.9. The van der Waals surface area contributed by atoms with Crippen LogP contribution in [0.2, 0.25) is 0 Å². The van der Waals surface area contributed by atoms with E-state index in [1.165, 1.54) is 7.11 Å². The van der Waals surface area contributed by atoms with Gasteiger partial charge in [0.05, 0.1) is 7.11 Å². The van der Waals surface area contributed by atoms with E-state index in [4.69, 9.17) is 9.47 Å². The van der Waals surface area contributed by atoms with E-state index in [1.807, 2.05) is 72.8 Å². The number of hydrogen-bond donors (Lipinski definition) is 2. The fourth-order valence-electron chi connectivity index (χ4n) is 3.73. The zero-order valence-corrected chi connectivity index (χ0v) is 19.9. The molecule has 0 saturated heterocycles. The molecule has 4 aromatic rings. The number of urea groups is 1. The fourth-order valence-corrected chi connectivity index (χ4v) is 3.73. The Labute approximate surface area is 210 Å². The molecule has 0 bridgehead atoms. The molecule has 0 spiro atoms. The highest BCUT2D eigenvalue weighted by Gasteiger charge is 2.21. The van der Waals surface area contributed by atoms with Crippen molar-refractivity contribution < 1.29 is 19.1 Å². The molecule has 1 heterocycles. The molecule has 0 fully saturated rings. The quantitative estimate of drug-likeness (QED) is 0.313. The molecule has 2 amide bonds. The Hall–Kier alpha value is -4.65. The van der Waals surface area contributed by atoms with E-state index >= 15 is 0 Å². The Morgan fingerprint density at radius 3 is 2.19 bits per heavy atom. The first kappa shape index (κ1) is 24.5. The molecule has 3 aromatic carbocycles. The Morgan fingerprint density at radius 1 is 0.889 bits per heavy atom. The minimum Gasteiger partial charge on any atom is -0.480 e. The van der Waals surface area contributed by atoms with Gasteiger partial charge in [-0.05, 0) is 47.4 Å². The van der Waals surface area contributed by atoms with E-state index in [9.17, 15) is 9.59 Å². The Kier molecular flexibility index (Phi) is 8.27. The lowest BCUT2D eigenvalue weighted by Crippen LogP contribution is -2.30. The van der Waals surface area contributed by atoms with Gasteiger partial charge in [0.1, 0.15) is 17.4 Å². The smallest absolute Gasteiger partial charge is 0.341 e. The van der Waals surface area contributed by atoms with Gasteiger partial charge in [-0.2, -0.15) is 0 Å². The number of hydrogen-bond acceptors (Lipinski definition) is 5. The minimum atomic E-state index is -0.564. The molecule has 4 rings (SSSR count). The molecule has 2 N–H and O–H groups in total. The summed E-state index contributed by atoms with van der Waals surface area (Å²) in [5.74, 6) is -0.215. The molecule has 0 aliphatic rings. The van der Waals surface area contributed by atoms with Gasteiger partial charge in [0.25, 0.3) is 0 Å². The number of nitrogens with one attached hydrogen (secondary N) is 2. The molecule has 7 nitrogen and oxygen atoms in total. The van der Waals surface area contributed by atoms with Crippen LogP contribution in [0.15, 0.2) is 103 Å². The number of methoxy groups -OCH3 is 1. The van der Waals surface area contributed by atoms with Gasteiger partial charge in [-0.25, -0.2) is 9.59 Å². The van der Waals surface area contributed by atoms with Gasteiger partial charge in [-0.15, -0.1) is 0 Å². The van der Waals surface area contributed by atoms with Gasteiger partial charge >= 0.3 is 12.0 Å². The van der Waals surface area contributed by atoms with Crippen LogP contribution in [-0.4, -0.2) is 30.6 Å².